The number of carbonyl (C=O) groups is 1. The van der Waals surface area contributed by atoms with Crippen molar-refractivity contribution in [2.45, 2.75) is 26.1 Å². The van der Waals surface area contributed by atoms with Gasteiger partial charge < -0.3 is 9.67 Å². The molecule has 0 aliphatic carbocycles. The fourth-order valence-corrected chi connectivity index (χ4v) is 2.79. The summed E-state index contributed by atoms with van der Waals surface area (Å²) in [5.41, 5.74) is 0.814. The Kier molecular flexibility index (Phi) is 4.34. The zero-order chi connectivity index (χ0) is 13.8. The van der Waals surface area contributed by atoms with E-state index in [9.17, 15) is 9.90 Å². The first-order valence-corrected chi connectivity index (χ1v) is 7.03. The van der Waals surface area contributed by atoms with E-state index in [-0.39, 0.29) is 0 Å². The predicted octanol–water partition coefficient (Wildman–Crippen LogP) is 2.22. The quantitative estimate of drug-likeness (QED) is 0.881. The van der Waals surface area contributed by atoms with E-state index < -0.39 is 12.0 Å². The van der Waals surface area contributed by atoms with E-state index in [1.54, 1.807) is 11.1 Å². The molecule has 0 spiro atoms. The first-order chi connectivity index (χ1) is 9.13. The van der Waals surface area contributed by atoms with Gasteiger partial charge in [-0.1, -0.05) is 0 Å². The lowest BCUT2D eigenvalue weighted by Crippen LogP contribution is -2.31. The number of carboxylic acids is 1. The number of aliphatic carboxylic acids is 1. The van der Waals surface area contributed by atoms with Crippen molar-refractivity contribution >= 4 is 17.3 Å². The van der Waals surface area contributed by atoms with Crippen molar-refractivity contribution in [1.82, 2.24) is 14.5 Å². The van der Waals surface area contributed by atoms with Gasteiger partial charge in [0.05, 0.1) is 6.54 Å². The number of hydrogen-bond acceptors (Lipinski definition) is 4. The second-order valence-electron chi connectivity index (χ2n) is 4.34. The standard InChI is InChI=1S/C13H17N3O2S/c1-3-16-6-5-14-11(16)8-15(2)12(13(17)18)10-4-7-19-9-10/h4-7,9,12H,3,8H2,1-2H3,(H,17,18). The monoisotopic (exact) mass is 279 g/mol. The van der Waals surface area contributed by atoms with Crippen LogP contribution in [0.2, 0.25) is 0 Å². The molecule has 2 rings (SSSR count). The minimum Gasteiger partial charge on any atom is -0.480 e. The predicted molar refractivity (Wildman–Crippen MR) is 74.1 cm³/mol. The van der Waals surface area contributed by atoms with E-state index in [2.05, 4.69) is 4.98 Å². The van der Waals surface area contributed by atoms with Gasteiger partial charge in [0, 0.05) is 18.9 Å². The second-order valence-corrected chi connectivity index (χ2v) is 5.12. The van der Waals surface area contributed by atoms with Crippen LogP contribution < -0.4 is 0 Å². The molecule has 0 saturated heterocycles. The smallest absolute Gasteiger partial charge is 0.325 e. The van der Waals surface area contributed by atoms with Crippen molar-refractivity contribution in [3.05, 3.63) is 40.6 Å². The van der Waals surface area contributed by atoms with Gasteiger partial charge >= 0.3 is 5.97 Å². The summed E-state index contributed by atoms with van der Waals surface area (Å²) in [6, 6.07) is 1.22. The molecule has 0 bridgehead atoms. The van der Waals surface area contributed by atoms with Crippen LogP contribution >= 0.6 is 11.3 Å². The molecule has 0 fully saturated rings. The molecule has 2 heterocycles. The molecule has 1 N–H and O–H groups in total. The summed E-state index contributed by atoms with van der Waals surface area (Å²) in [7, 11) is 1.81. The Morgan fingerprint density at radius 2 is 2.42 bits per heavy atom. The highest BCUT2D eigenvalue weighted by molar-refractivity contribution is 7.08. The Morgan fingerprint density at radius 3 is 3.00 bits per heavy atom. The molecule has 0 aliphatic rings. The summed E-state index contributed by atoms with van der Waals surface area (Å²) in [6.45, 7) is 3.38. The maximum Gasteiger partial charge on any atom is 0.325 e. The summed E-state index contributed by atoms with van der Waals surface area (Å²) in [5.74, 6) is 0.0435. The molecule has 0 amide bonds. The van der Waals surface area contributed by atoms with Gasteiger partial charge in [0.15, 0.2) is 0 Å². The number of carboxylic acid groups (broad SMARTS) is 1. The maximum absolute atomic E-state index is 11.5. The van der Waals surface area contributed by atoms with Gasteiger partial charge in [0.25, 0.3) is 0 Å². The number of likely N-dealkylation sites (N-methyl/N-ethyl adjacent to an activating group) is 1. The van der Waals surface area contributed by atoms with E-state index in [4.69, 9.17) is 0 Å². The molecule has 2 aromatic heterocycles. The first-order valence-electron chi connectivity index (χ1n) is 6.08. The highest BCUT2D eigenvalue weighted by Crippen LogP contribution is 2.23. The number of rotatable bonds is 6. The number of hydrogen-bond donors (Lipinski definition) is 1. The van der Waals surface area contributed by atoms with Crippen LogP contribution in [0.25, 0.3) is 0 Å². The zero-order valence-electron chi connectivity index (χ0n) is 11.0. The number of imidazole rings is 1. The van der Waals surface area contributed by atoms with E-state index >= 15 is 0 Å². The third-order valence-corrected chi connectivity index (χ3v) is 3.77. The maximum atomic E-state index is 11.5. The van der Waals surface area contributed by atoms with Gasteiger partial charge in [-0.2, -0.15) is 11.3 Å². The van der Waals surface area contributed by atoms with Gasteiger partial charge in [-0.15, -0.1) is 0 Å². The first kappa shape index (κ1) is 13.8. The lowest BCUT2D eigenvalue weighted by atomic mass is 10.1. The highest BCUT2D eigenvalue weighted by Gasteiger charge is 2.25. The fourth-order valence-electron chi connectivity index (χ4n) is 2.11. The van der Waals surface area contributed by atoms with Crippen LogP contribution in [-0.4, -0.2) is 32.6 Å². The molecule has 0 saturated carbocycles. The molecular weight excluding hydrogens is 262 g/mol. The Bertz CT molecular complexity index is 536. The summed E-state index contributed by atoms with van der Waals surface area (Å²) in [4.78, 5) is 17.5. The number of aryl methyl sites for hydroxylation is 1. The summed E-state index contributed by atoms with van der Waals surface area (Å²) >= 11 is 1.51. The molecule has 102 valence electrons. The largest absolute Gasteiger partial charge is 0.480 e. The molecule has 0 radical (unpaired) electrons. The SMILES string of the molecule is CCn1ccnc1CN(C)C(C(=O)O)c1ccsc1. The molecular formula is C13H17N3O2S. The van der Waals surface area contributed by atoms with Crippen LogP contribution in [0.3, 0.4) is 0 Å². The van der Waals surface area contributed by atoms with Crippen LogP contribution in [0.5, 0.6) is 0 Å². The van der Waals surface area contributed by atoms with E-state index in [1.165, 1.54) is 11.3 Å². The molecule has 1 atom stereocenters. The normalized spacial score (nSPS) is 12.8. The van der Waals surface area contributed by atoms with Gasteiger partial charge in [-0.05, 0) is 36.4 Å². The molecule has 6 heteroatoms. The van der Waals surface area contributed by atoms with Crippen molar-refractivity contribution in [1.29, 1.82) is 0 Å². The number of thiophene rings is 1. The van der Waals surface area contributed by atoms with Gasteiger partial charge in [0.2, 0.25) is 0 Å². The van der Waals surface area contributed by atoms with E-state index in [0.717, 1.165) is 17.9 Å². The van der Waals surface area contributed by atoms with Gasteiger partial charge in [-0.3, -0.25) is 9.69 Å². The summed E-state index contributed by atoms with van der Waals surface area (Å²) in [5, 5.41) is 13.2. The van der Waals surface area contributed by atoms with Crippen molar-refractivity contribution in [3.63, 3.8) is 0 Å². The van der Waals surface area contributed by atoms with Crippen molar-refractivity contribution in [3.8, 4) is 0 Å². The average Bonchev–Trinajstić information content (AvgIpc) is 3.00. The van der Waals surface area contributed by atoms with Crippen LogP contribution in [0, 0.1) is 0 Å². The molecule has 1 unspecified atom stereocenters. The lowest BCUT2D eigenvalue weighted by Gasteiger charge is -2.23. The molecule has 0 aliphatic heterocycles. The third kappa shape index (κ3) is 3.02. The topological polar surface area (TPSA) is 58.4 Å². The Balaban J connectivity index is 2.17. The van der Waals surface area contributed by atoms with E-state index in [0.29, 0.717) is 6.54 Å². The molecule has 0 aromatic carbocycles. The van der Waals surface area contributed by atoms with E-state index in [1.807, 2.05) is 41.6 Å². The highest BCUT2D eigenvalue weighted by atomic mass is 32.1. The third-order valence-electron chi connectivity index (χ3n) is 3.07. The zero-order valence-corrected chi connectivity index (χ0v) is 11.8. The van der Waals surface area contributed by atoms with Crippen LogP contribution in [-0.2, 0) is 17.9 Å². The van der Waals surface area contributed by atoms with Crippen LogP contribution in [0.15, 0.2) is 29.2 Å². The molecule has 5 nitrogen and oxygen atoms in total. The Hall–Kier alpha value is -1.66. The second kappa shape index (κ2) is 5.99. The minimum atomic E-state index is -0.837. The van der Waals surface area contributed by atoms with Crippen molar-refractivity contribution in [2.24, 2.45) is 0 Å². The van der Waals surface area contributed by atoms with Crippen molar-refractivity contribution < 1.29 is 9.90 Å². The Morgan fingerprint density at radius 1 is 1.63 bits per heavy atom. The lowest BCUT2D eigenvalue weighted by molar-refractivity contribution is -0.143. The summed E-state index contributed by atoms with van der Waals surface area (Å²) in [6.07, 6.45) is 3.65. The number of nitrogens with zero attached hydrogens (tertiary/aromatic N) is 3. The number of aromatic nitrogens is 2. The van der Waals surface area contributed by atoms with Gasteiger partial charge in [-0.25, -0.2) is 4.98 Å². The molecule has 2 aromatic rings. The van der Waals surface area contributed by atoms with Gasteiger partial charge in [0.1, 0.15) is 11.9 Å². The van der Waals surface area contributed by atoms with Crippen LogP contribution in [0.1, 0.15) is 24.4 Å². The average molecular weight is 279 g/mol. The van der Waals surface area contributed by atoms with Crippen LogP contribution in [0.4, 0.5) is 0 Å². The Labute approximate surface area is 116 Å². The minimum absolute atomic E-state index is 0.508. The molecule has 19 heavy (non-hydrogen) atoms. The van der Waals surface area contributed by atoms with Crippen molar-refractivity contribution in [2.75, 3.05) is 7.05 Å². The fraction of sp³-hybridized carbons (Fsp3) is 0.385. The summed E-state index contributed by atoms with van der Waals surface area (Å²) < 4.78 is 2.02.